The molecule has 0 atom stereocenters. The van der Waals surface area contributed by atoms with E-state index in [9.17, 15) is 13.2 Å². The van der Waals surface area contributed by atoms with Gasteiger partial charge in [-0.2, -0.15) is 13.2 Å². The van der Waals surface area contributed by atoms with Gasteiger partial charge in [0, 0.05) is 18.2 Å². The van der Waals surface area contributed by atoms with Gasteiger partial charge in [0.2, 0.25) is 0 Å². The Morgan fingerprint density at radius 1 is 1.36 bits per heavy atom. The van der Waals surface area contributed by atoms with E-state index in [1.807, 2.05) is 12.3 Å². The molecule has 0 aliphatic heterocycles. The molecule has 0 aliphatic rings. The molecule has 14 heavy (non-hydrogen) atoms. The van der Waals surface area contributed by atoms with Crippen molar-refractivity contribution in [3.05, 3.63) is 16.1 Å². The smallest absolute Gasteiger partial charge is 0.246 e. The monoisotopic (exact) mass is 223 g/mol. The van der Waals surface area contributed by atoms with Gasteiger partial charge >= 0.3 is 6.18 Å². The first kappa shape index (κ1) is 11.5. The predicted octanol–water partition coefficient (Wildman–Crippen LogP) is 3.59. The Morgan fingerprint density at radius 3 is 2.64 bits per heavy atom. The zero-order valence-corrected chi connectivity index (χ0v) is 8.71. The first-order chi connectivity index (χ1) is 6.51. The summed E-state index contributed by atoms with van der Waals surface area (Å²) in [5, 5.41) is 2.43. The molecule has 1 rings (SSSR count). The summed E-state index contributed by atoms with van der Waals surface area (Å²) >= 11 is 1.32. The Morgan fingerprint density at radius 2 is 2.07 bits per heavy atom. The minimum absolute atomic E-state index is 0.0118. The highest BCUT2D eigenvalue weighted by Gasteiger charge is 2.26. The number of hydrogen-bond acceptors (Lipinski definition) is 2. The van der Waals surface area contributed by atoms with Gasteiger partial charge < -0.3 is 0 Å². The molecule has 0 bridgehead atoms. The van der Waals surface area contributed by atoms with E-state index in [1.54, 1.807) is 0 Å². The molecule has 0 saturated heterocycles. The van der Waals surface area contributed by atoms with E-state index in [2.05, 4.69) is 4.98 Å². The van der Waals surface area contributed by atoms with Gasteiger partial charge in [0.1, 0.15) is 0 Å². The SMILES string of the molecule is CCCc1csc(CCC(F)(F)F)n1. The van der Waals surface area contributed by atoms with Gasteiger partial charge in [-0.3, -0.25) is 0 Å². The van der Waals surface area contributed by atoms with Crippen LogP contribution in [0.2, 0.25) is 0 Å². The maximum Gasteiger partial charge on any atom is 0.389 e. The molecular formula is C9H12F3NS. The van der Waals surface area contributed by atoms with Crippen molar-refractivity contribution in [2.75, 3.05) is 0 Å². The number of rotatable bonds is 4. The molecule has 80 valence electrons. The zero-order chi connectivity index (χ0) is 10.6. The first-order valence-corrected chi connectivity index (χ1v) is 5.39. The second kappa shape index (κ2) is 4.77. The lowest BCUT2D eigenvalue weighted by molar-refractivity contribution is -0.134. The van der Waals surface area contributed by atoms with Crippen molar-refractivity contribution in [3.8, 4) is 0 Å². The molecule has 0 fully saturated rings. The van der Waals surface area contributed by atoms with Crippen LogP contribution in [0.4, 0.5) is 13.2 Å². The summed E-state index contributed by atoms with van der Waals surface area (Å²) in [5.41, 5.74) is 0.912. The Kier molecular flexibility index (Phi) is 3.92. The van der Waals surface area contributed by atoms with Gasteiger partial charge in [-0.25, -0.2) is 4.98 Å². The van der Waals surface area contributed by atoms with Crippen molar-refractivity contribution < 1.29 is 13.2 Å². The highest BCUT2D eigenvalue weighted by atomic mass is 32.1. The van der Waals surface area contributed by atoms with Crippen LogP contribution in [-0.2, 0) is 12.8 Å². The van der Waals surface area contributed by atoms with Crippen LogP contribution in [0.3, 0.4) is 0 Å². The summed E-state index contributed by atoms with van der Waals surface area (Å²) in [7, 11) is 0. The standard InChI is InChI=1S/C9H12F3NS/c1-2-3-7-6-14-8(13-7)4-5-9(10,11)12/h6H,2-5H2,1H3. The van der Waals surface area contributed by atoms with Gasteiger partial charge in [-0.15, -0.1) is 11.3 Å². The molecule has 0 aromatic carbocycles. The lowest BCUT2D eigenvalue weighted by atomic mass is 10.3. The van der Waals surface area contributed by atoms with Crippen LogP contribution in [0, 0.1) is 0 Å². The minimum atomic E-state index is -4.07. The van der Waals surface area contributed by atoms with Crippen molar-refractivity contribution in [2.45, 2.75) is 38.8 Å². The van der Waals surface area contributed by atoms with E-state index < -0.39 is 12.6 Å². The van der Waals surface area contributed by atoms with Crippen molar-refractivity contribution in [1.82, 2.24) is 4.98 Å². The second-order valence-corrected chi connectivity index (χ2v) is 4.04. The number of halogens is 3. The molecule has 1 aromatic rings. The molecule has 0 spiro atoms. The van der Waals surface area contributed by atoms with Gasteiger partial charge in [0.25, 0.3) is 0 Å². The Bertz CT molecular complexity index is 280. The fraction of sp³-hybridized carbons (Fsp3) is 0.667. The number of hydrogen-bond donors (Lipinski definition) is 0. The van der Waals surface area contributed by atoms with Crippen LogP contribution in [0.1, 0.15) is 30.5 Å². The number of alkyl halides is 3. The van der Waals surface area contributed by atoms with Crippen molar-refractivity contribution in [2.24, 2.45) is 0 Å². The molecule has 0 radical (unpaired) electrons. The average molecular weight is 223 g/mol. The maximum absolute atomic E-state index is 11.9. The van der Waals surface area contributed by atoms with Gasteiger partial charge in [-0.05, 0) is 6.42 Å². The molecule has 1 aromatic heterocycles. The van der Waals surface area contributed by atoms with Crippen LogP contribution >= 0.6 is 11.3 Å². The molecule has 0 N–H and O–H groups in total. The largest absolute Gasteiger partial charge is 0.389 e. The average Bonchev–Trinajstić information content (AvgIpc) is 2.49. The van der Waals surface area contributed by atoms with Gasteiger partial charge in [-0.1, -0.05) is 13.3 Å². The predicted molar refractivity (Wildman–Crippen MR) is 50.5 cm³/mol. The maximum atomic E-state index is 11.9. The van der Waals surface area contributed by atoms with E-state index in [0.717, 1.165) is 18.5 Å². The third kappa shape index (κ3) is 4.09. The Labute approximate surface area is 85.0 Å². The van der Waals surface area contributed by atoms with E-state index in [0.29, 0.717) is 5.01 Å². The number of nitrogens with zero attached hydrogens (tertiary/aromatic N) is 1. The summed E-state index contributed by atoms with van der Waals surface area (Å²) < 4.78 is 35.6. The lowest BCUT2D eigenvalue weighted by Gasteiger charge is -2.02. The molecule has 0 aliphatic carbocycles. The quantitative estimate of drug-likeness (QED) is 0.760. The zero-order valence-electron chi connectivity index (χ0n) is 7.90. The normalized spacial score (nSPS) is 12.0. The highest BCUT2D eigenvalue weighted by molar-refractivity contribution is 7.09. The summed E-state index contributed by atoms with van der Waals surface area (Å²) in [6.07, 6.45) is -3.01. The summed E-state index contributed by atoms with van der Waals surface area (Å²) in [6.45, 7) is 2.02. The number of aryl methyl sites for hydroxylation is 2. The molecule has 1 heterocycles. The molecule has 0 saturated carbocycles. The van der Waals surface area contributed by atoms with Crippen LogP contribution in [0.15, 0.2) is 5.38 Å². The van der Waals surface area contributed by atoms with Crippen LogP contribution < -0.4 is 0 Å². The third-order valence-corrected chi connectivity index (χ3v) is 2.69. The van der Waals surface area contributed by atoms with Crippen molar-refractivity contribution >= 4 is 11.3 Å². The lowest BCUT2D eigenvalue weighted by Crippen LogP contribution is -2.08. The molecule has 1 nitrogen and oxygen atoms in total. The van der Waals surface area contributed by atoms with Gasteiger partial charge in [0.15, 0.2) is 0 Å². The summed E-state index contributed by atoms with van der Waals surface area (Å²) in [6, 6.07) is 0. The van der Waals surface area contributed by atoms with Crippen LogP contribution in [0.25, 0.3) is 0 Å². The Balaban J connectivity index is 2.44. The van der Waals surface area contributed by atoms with E-state index in [-0.39, 0.29) is 6.42 Å². The Hall–Kier alpha value is -0.580. The molecular weight excluding hydrogens is 211 g/mol. The minimum Gasteiger partial charge on any atom is -0.246 e. The van der Waals surface area contributed by atoms with Crippen LogP contribution in [-0.4, -0.2) is 11.2 Å². The first-order valence-electron chi connectivity index (χ1n) is 4.51. The van der Waals surface area contributed by atoms with E-state index in [4.69, 9.17) is 0 Å². The highest BCUT2D eigenvalue weighted by Crippen LogP contribution is 2.23. The topological polar surface area (TPSA) is 12.9 Å². The van der Waals surface area contributed by atoms with Gasteiger partial charge in [0.05, 0.1) is 10.7 Å². The van der Waals surface area contributed by atoms with E-state index in [1.165, 1.54) is 11.3 Å². The third-order valence-electron chi connectivity index (χ3n) is 1.73. The number of thiazole rings is 1. The van der Waals surface area contributed by atoms with Crippen LogP contribution in [0.5, 0.6) is 0 Å². The molecule has 0 unspecified atom stereocenters. The second-order valence-electron chi connectivity index (χ2n) is 3.10. The summed E-state index contributed by atoms with van der Waals surface area (Å²) in [4.78, 5) is 4.12. The van der Waals surface area contributed by atoms with Crippen molar-refractivity contribution in [1.29, 1.82) is 0 Å². The van der Waals surface area contributed by atoms with Crippen molar-refractivity contribution in [3.63, 3.8) is 0 Å². The fourth-order valence-electron chi connectivity index (χ4n) is 1.08. The van der Waals surface area contributed by atoms with E-state index >= 15 is 0 Å². The molecule has 0 amide bonds. The number of aromatic nitrogens is 1. The summed E-state index contributed by atoms with van der Waals surface area (Å²) in [5.74, 6) is 0. The molecule has 5 heteroatoms. The fourth-order valence-corrected chi connectivity index (χ4v) is 1.92.